The SMILES string of the molecule is O=Cc1nccn1CC(=O)NCC(F)(F)F. The molecule has 1 aromatic heterocycles. The molecule has 0 aromatic carbocycles. The van der Waals surface area contributed by atoms with Crippen LogP contribution in [0.3, 0.4) is 0 Å². The fraction of sp³-hybridized carbons (Fsp3) is 0.375. The molecule has 1 N–H and O–H groups in total. The number of halogens is 3. The largest absolute Gasteiger partial charge is 0.405 e. The van der Waals surface area contributed by atoms with Crippen LogP contribution < -0.4 is 5.32 Å². The second-order valence-corrected chi connectivity index (χ2v) is 2.92. The maximum absolute atomic E-state index is 11.8. The molecule has 1 amide bonds. The van der Waals surface area contributed by atoms with Gasteiger partial charge in [0.2, 0.25) is 5.91 Å². The normalized spacial score (nSPS) is 11.2. The van der Waals surface area contributed by atoms with E-state index < -0.39 is 18.6 Å². The van der Waals surface area contributed by atoms with Gasteiger partial charge in [0, 0.05) is 12.4 Å². The Labute approximate surface area is 88.3 Å². The third-order valence-corrected chi connectivity index (χ3v) is 1.65. The van der Waals surface area contributed by atoms with E-state index in [-0.39, 0.29) is 12.4 Å². The zero-order valence-corrected chi connectivity index (χ0v) is 7.99. The maximum Gasteiger partial charge on any atom is 0.405 e. The second kappa shape index (κ2) is 4.77. The first-order valence-corrected chi connectivity index (χ1v) is 4.22. The number of hydrogen-bond donors (Lipinski definition) is 1. The number of imidazole rings is 1. The number of nitrogens with zero attached hydrogens (tertiary/aromatic N) is 2. The van der Waals surface area contributed by atoms with Crippen molar-refractivity contribution < 1.29 is 22.8 Å². The summed E-state index contributed by atoms with van der Waals surface area (Å²) >= 11 is 0. The van der Waals surface area contributed by atoms with Gasteiger partial charge in [0.25, 0.3) is 0 Å². The van der Waals surface area contributed by atoms with Crippen molar-refractivity contribution in [1.29, 1.82) is 0 Å². The molecule has 0 aliphatic heterocycles. The number of alkyl halides is 3. The van der Waals surface area contributed by atoms with Crippen LogP contribution in [-0.4, -0.2) is 34.5 Å². The van der Waals surface area contributed by atoms with Gasteiger partial charge in [-0.3, -0.25) is 9.59 Å². The first-order valence-electron chi connectivity index (χ1n) is 4.22. The van der Waals surface area contributed by atoms with Gasteiger partial charge in [0.1, 0.15) is 13.1 Å². The van der Waals surface area contributed by atoms with Crippen molar-refractivity contribution in [2.24, 2.45) is 0 Å². The van der Waals surface area contributed by atoms with Crippen molar-refractivity contribution in [3.8, 4) is 0 Å². The Morgan fingerprint density at radius 1 is 1.56 bits per heavy atom. The first-order chi connectivity index (χ1) is 7.42. The first kappa shape index (κ1) is 12.2. The van der Waals surface area contributed by atoms with E-state index in [1.165, 1.54) is 12.4 Å². The summed E-state index contributed by atoms with van der Waals surface area (Å²) in [6.07, 6.45) is -1.42. The molecule has 0 saturated carbocycles. The Morgan fingerprint density at radius 2 is 2.25 bits per heavy atom. The molecule has 1 aromatic rings. The lowest BCUT2D eigenvalue weighted by molar-refractivity contribution is -0.138. The number of nitrogens with one attached hydrogen (secondary N) is 1. The summed E-state index contributed by atoms with van der Waals surface area (Å²) in [5.41, 5.74) is 0. The van der Waals surface area contributed by atoms with E-state index >= 15 is 0 Å². The van der Waals surface area contributed by atoms with Crippen molar-refractivity contribution in [3.05, 3.63) is 18.2 Å². The summed E-state index contributed by atoms with van der Waals surface area (Å²) in [6, 6.07) is 0. The van der Waals surface area contributed by atoms with E-state index in [1.807, 2.05) is 0 Å². The van der Waals surface area contributed by atoms with Gasteiger partial charge in [0.15, 0.2) is 12.1 Å². The minimum Gasteiger partial charge on any atom is -0.345 e. The Morgan fingerprint density at radius 3 is 2.81 bits per heavy atom. The Balaban J connectivity index is 2.49. The van der Waals surface area contributed by atoms with Crippen LogP contribution in [0.15, 0.2) is 12.4 Å². The molecule has 0 atom stereocenters. The monoisotopic (exact) mass is 235 g/mol. The fourth-order valence-electron chi connectivity index (χ4n) is 0.982. The predicted molar refractivity (Wildman–Crippen MR) is 46.7 cm³/mol. The molecule has 0 radical (unpaired) electrons. The molecule has 0 aliphatic carbocycles. The van der Waals surface area contributed by atoms with Crippen LogP contribution in [-0.2, 0) is 11.3 Å². The minimum absolute atomic E-state index is 0.0119. The highest BCUT2D eigenvalue weighted by molar-refractivity contribution is 5.77. The van der Waals surface area contributed by atoms with Crippen LogP contribution in [0.2, 0.25) is 0 Å². The van der Waals surface area contributed by atoms with E-state index in [0.29, 0.717) is 6.29 Å². The lowest BCUT2D eigenvalue weighted by Gasteiger charge is -2.08. The van der Waals surface area contributed by atoms with Crippen molar-refractivity contribution >= 4 is 12.2 Å². The molecule has 8 heteroatoms. The molecule has 0 aliphatic rings. The van der Waals surface area contributed by atoms with Crippen LogP contribution in [0, 0.1) is 0 Å². The molecule has 0 fully saturated rings. The van der Waals surface area contributed by atoms with Gasteiger partial charge < -0.3 is 9.88 Å². The number of rotatable bonds is 4. The van der Waals surface area contributed by atoms with Crippen LogP contribution in [0.4, 0.5) is 13.2 Å². The number of carbonyl (C=O) groups is 2. The predicted octanol–water partition coefficient (Wildman–Crippen LogP) is 0.374. The zero-order chi connectivity index (χ0) is 12.2. The smallest absolute Gasteiger partial charge is 0.345 e. The molecule has 0 unspecified atom stereocenters. The Hall–Kier alpha value is -1.86. The van der Waals surface area contributed by atoms with Crippen molar-refractivity contribution in [1.82, 2.24) is 14.9 Å². The van der Waals surface area contributed by atoms with E-state index in [1.54, 1.807) is 5.32 Å². The molecule has 1 rings (SSSR count). The third-order valence-electron chi connectivity index (χ3n) is 1.65. The van der Waals surface area contributed by atoms with Crippen LogP contribution in [0.5, 0.6) is 0 Å². The highest BCUT2D eigenvalue weighted by atomic mass is 19.4. The minimum atomic E-state index is -4.45. The number of aromatic nitrogens is 2. The van der Waals surface area contributed by atoms with Crippen molar-refractivity contribution in [2.45, 2.75) is 12.7 Å². The van der Waals surface area contributed by atoms with E-state index in [0.717, 1.165) is 4.57 Å². The second-order valence-electron chi connectivity index (χ2n) is 2.92. The van der Waals surface area contributed by atoms with Gasteiger partial charge in [-0.05, 0) is 0 Å². The van der Waals surface area contributed by atoms with Gasteiger partial charge in [-0.1, -0.05) is 0 Å². The molecule has 5 nitrogen and oxygen atoms in total. The van der Waals surface area contributed by atoms with Gasteiger partial charge in [-0.25, -0.2) is 4.98 Å². The number of hydrogen-bond acceptors (Lipinski definition) is 3. The van der Waals surface area contributed by atoms with Crippen LogP contribution >= 0.6 is 0 Å². The molecule has 16 heavy (non-hydrogen) atoms. The van der Waals surface area contributed by atoms with Gasteiger partial charge in [-0.2, -0.15) is 13.2 Å². The standard InChI is InChI=1S/C8H8F3N3O2/c9-8(10,11)5-13-7(16)3-14-2-1-12-6(14)4-15/h1-2,4H,3,5H2,(H,13,16). The summed E-state index contributed by atoms with van der Waals surface area (Å²) in [4.78, 5) is 25.0. The highest BCUT2D eigenvalue weighted by Gasteiger charge is 2.27. The average Bonchev–Trinajstić information content (AvgIpc) is 2.61. The fourth-order valence-corrected chi connectivity index (χ4v) is 0.982. The van der Waals surface area contributed by atoms with Crippen LogP contribution in [0.1, 0.15) is 10.6 Å². The molecular formula is C8H8F3N3O2. The van der Waals surface area contributed by atoms with E-state index in [4.69, 9.17) is 0 Å². The average molecular weight is 235 g/mol. The lowest BCUT2D eigenvalue weighted by Crippen LogP contribution is -2.35. The van der Waals surface area contributed by atoms with Gasteiger partial charge in [-0.15, -0.1) is 0 Å². The maximum atomic E-state index is 11.8. The van der Waals surface area contributed by atoms with Crippen molar-refractivity contribution in [2.75, 3.05) is 6.54 Å². The van der Waals surface area contributed by atoms with E-state index in [9.17, 15) is 22.8 Å². The van der Waals surface area contributed by atoms with E-state index in [2.05, 4.69) is 4.98 Å². The highest BCUT2D eigenvalue weighted by Crippen LogP contribution is 2.12. The van der Waals surface area contributed by atoms with Gasteiger partial charge in [0.05, 0.1) is 0 Å². The molecule has 0 saturated heterocycles. The summed E-state index contributed by atoms with van der Waals surface area (Å²) in [5, 5.41) is 1.68. The Kier molecular flexibility index (Phi) is 3.64. The summed E-state index contributed by atoms with van der Waals surface area (Å²) < 4.78 is 36.4. The Bertz CT molecular complexity index is 386. The molecule has 1 heterocycles. The van der Waals surface area contributed by atoms with Gasteiger partial charge >= 0.3 is 6.18 Å². The molecule has 0 spiro atoms. The molecule has 0 bridgehead atoms. The molecule has 88 valence electrons. The summed E-state index contributed by atoms with van der Waals surface area (Å²) in [5.74, 6) is -0.847. The number of amides is 1. The third kappa shape index (κ3) is 3.71. The summed E-state index contributed by atoms with van der Waals surface area (Å²) in [7, 11) is 0. The lowest BCUT2D eigenvalue weighted by atomic mass is 10.5. The summed E-state index contributed by atoms with van der Waals surface area (Å²) in [6.45, 7) is -1.76. The molecular weight excluding hydrogens is 227 g/mol. The quantitative estimate of drug-likeness (QED) is 0.767. The van der Waals surface area contributed by atoms with Crippen molar-refractivity contribution in [3.63, 3.8) is 0 Å². The number of carbonyl (C=O) groups excluding carboxylic acids is 2. The zero-order valence-electron chi connectivity index (χ0n) is 7.99. The number of aldehydes is 1. The topological polar surface area (TPSA) is 64.0 Å². The van der Waals surface area contributed by atoms with Crippen LogP contribution in [0.25, 0.3) is 0 Å².